The van der Waals surface area contributed by atoms with Crippen molar-refractivity contribution < 1.29 is 9.53 Å². The molecule has 82 valence electrons. The third kappa shape index (κ3) is 3.42. The van der Waals surface area contributed by atoms with E-state index in [0.29, 0.717) is 0 Å². The van der Waals surface area contributed by atoms with E-state index in [9.17, 15) is 4.79 Å². The molecule has 0 aliphatic carbocycles. The zero-order valence-electron chi connectivity index (χ0n) is 8.80. The molecule has 0 aromatic carbocycles. The molecule has 1 N–H and O–H groups in total. The second kappa shape index (κ2) is 6.19. The molecule has 5 heteroatoms. The third-order valence-corrected chi connectivity index (χ3v) is 1.68. The molecule has 0 atom stereocenters. The zero-order valence-corrected chi connectivity index (χ0v) is 8.80. The molecular formula is C11H11N3O2. The number of hydrogen-bond donors (Lipinski definition) is 1. The summed E-state index contributed by atoms with van der Waals surface area (Å²) in [4.78, 5) is 15.1. The van der Waals surface area contributed by atoms with Crippen LogP contribution in [0.15, 0.2) is 36.3 Å². The first-order valence-corrected chi connectivity index (χ1v) is 4.72. The Morgan fingerprint density at radius 3 is 2.88 bits per heavy atom. The number of pyridine rings is 1. The molecule has 1 aromatic rings. The van der Waals surface area contributed by atoms with Crippen LogP contribution in [0.25, 0.3) is 0 Å². The Bertz CT molecular complexity index is 421. The maximum atomic E-state index is 11.2. The Morgan fingerprint density at radius 1 is 1.62 bits per heavy atom. The first-order chi connectivity index (χ1) is 7.77. The van der Waals surface area contributed by atoms with Gasteiger partial charge in [0, 0.05) is 24.3 Å². The average molecular weight is 217 g/mol. The fourth-order valence-corrected chi connectivity index (χ4v) is 0.949. The molecule has 0 fully saturated rings. The van der Waals surface area contributed by atoms with Gasteiger partial charge in [0.1, 0.15) is 6.07 Å². The predicted molar refractivity (Wildman–Crippen MR) is 58.2 cm³/mol. The van der Waals surface area contributed by atoms with Crippen molar-refractivity contribution in [2.75, 3.05) is 11.9 Å². The molecule has 0 saturated carbocycles. The predicted octanol–water partition coefficient (Wildman–Crippen LogP) is 1.46. The van der Waals surface area contributed by atoms with Crippen molar-refractivity contribution in [3.8, 4) is 6.07 Å². The summed E-state index contributed by atoms with van der Waals surface area (Å²) in [6, 6.07) is 5.20. The normalized spacial score (nSPS) is 10.4. The smallest absolute Gasteiger partial charge is 0.350 e. The number of nitrogens with one attached hydrogen (secondary N) is 1. The van der Waals surface area contributed by atoms with Gasteiger partial charge in [0.15, 0.2) is 5.57 Å². The first-order valence-electron chi connectivity index (χ1n) is 4.72. The number of nitriles is 1. The van der Waals surface area contributed by atoms with Gasteiger partial charge in [-0.1, -0.05) is 0 Å². The highest BCUT2D eigenvalue weighted by Crippen LogP contribution is 2.05. The van der Waals surface area contributed by atoms with Crippen molar-refractivity contribution in [2.45, 2.75) is 6.92 Å². The van der Waals surface area contributed by atoms with Crippen molar-refractivity contribution in [1.82, 2.24) is 4.98 Å². The standard InChI is InChI=1S/C11H11N3O2/c1-2-16-11(15)9(7-12)8-14-10-3-5-13-6-4-10/h3-6,8H,2H2,1H3,(H,13,14)/b9-8+. The maximum Gasteiger partial charge on any atom is 0.350 e. The minimum absolute atomic E-state index is 0.0707. The van der Waals surface area contributed by atoms with Crippen LogP contribution in [-0.2, 0) is 9.53 Å². The number of anilines is 1. The van der Waals surface area contributed by atoms with E-state index in [1.54, 1.807) is 37.5 Å². The number of nitrogens with zero attached hydrogens (tertiary/aromatic N) is 2. The average Bonchev–Trinajstić information content (AvgIpc) is 2.31. The number of esters is 1. The summed E-state index contributed by atoms with van der Waals surface area (Å²) in [5.41, 5.74) is 0.672. The molecule has 1 heterocycles. The van der Waals surface area contributed by atoms with E-state index >= 15 is 0 Å². The van der Waals surface area contributed by atoms with E-state index in [-0.39, 0.29) is 12.2 Å². The van der Waals surface area contributed by atoms with Gasteiger partial charge in [-0.25, -0.2) is 4.79 Å². The Labute approximate surface area is 93.4 Å². The summed E-state index contributed by atoms with van der Waals surface area (Å²) >= 11 is 0. The monoisotopic (exact) mass is 217 g/mol. The fraction of sp³-hybridized carbons (Fsp3) is 0.182. The lowest BCUT2D eigenvalue weighted by molar-refractivity contribution is -0.138. The molecule has 1 rings (SSSR count). The number of carbonyl (C=O) groups is 1. The summed E-state index contributed by atoms with van der Waals surface area (Å²) in [6.07, 6.45) is 4.52. The Balaban J connectivity index is 2.68. The number of rotatable bonds is 4. The summed E-state index contributed by atoms with van der Waals surface area (Å²) in [7, 11) is 0. The van der Waals surface area contributed by atoms with Gasteiger partial charge in [-0.3, -0.25) is 4.98 Å². The van der Waals surface area contributed by atoms with Gasteiger partial charge in [-0.2, -0.15) is 5.26 Å². The van der Waals surface area contributed by atoms with E-state index in [4.69, 9.17) is 10.00 Å². The van der Waals surface area contributed by atoms with Crippen LogP contribution >= 0.6 is 0 Å². The van der Waals surface area contributed by atoms with Gasteiger partial charge in [-0.15, -0.1) is 0 Å². The van der Waals surface area contributed by atoms with E-state index in [1.807, 2.05) is 0 Å². The van der Waals surface area contributed by atoms with E-state index in [2.05, 4.69) is 10.3 Å². The quantitative estimate of drug-likeness (QED) is 0.469. The van der Waals surface area contributed by atoms with Crippen molar-refractivity contribution in [3.05, 3.63) is 36.3 Å². The van der Waals surface area contributed by atoms with Crippen LogP contribution < -0.4 is 5.32 Å². The molecule has 0 bridgehead atoms. The maximum absolute atomic E-state index is 11.2. The fourth-order valence-electron chi connectivity index (χ4n) is 0.949. The van der Waals surface area contributed by atoms with Crippen molar-refractivity contribution >= 4 is 11.7 Å². The van der Waals surface area contributed by atoms with Crippen LogP contribution in [0.5, 0.6) is 0 Å². The van der Waals surface area contributed by atoms with Crippen molar-refractivity contribution in [3.63, 3.8) is 0 Å². The van der Waals surface area contributed by atoms with Gasteiger partial charge in [-0.05, 0) is 19.1 Å². The molecule has 0 spiro atoms. The van der Waals surface area contributed by atoms with Crippen LogP contribution in [0.1, 0.15) is 6.92 Å². The highest BCUT2D eigenvalue weighted by atomic mass is 16.5. The van der Waals surface area contributed by atoms with Gasteiger partial charge < -0.3 is 10.1 Å². The van der Waals surface area contributed by atoms with Crippen LogP contribution in [0.4, 0.5) is 5.69 Å². The van der Waals surface area contributed by atoms with E-state index < -0.39 is 5.97 Å². The number of ether oxygens (including phenoxy) is 1. The molecule has 5 nitrogen and oxygen atoms in total. The number of aromatic nitrogens is 1. The highest BCUT2D eigenvalue weighted by molar-refractivity contribution is 5.93. The van der Waals surface area contributed by atoms with Gasteiger partial charge in [0.2, 0.25) is 0 Å². The Hall–Kier alpha value is -2.35. The summed E-state index contributed by atoms with van der Waals surface area (Å²) in [5.74, 6) is -0.633. The molecule has 0 radical (unpaired) electrons. The molecule has 0 amide bonds. The lowest BCUT2D eigenvalue weighted by atomic mass is 10.3. The SMILES string of the molecule is CCOC(=O)/C(C#N)=C/Nc1ccncc1. The minimum Gasteiger partial charge on any atom is -0.462 e. The topological polar surface area (TPSA) is 75.0 Å². The molecule has 0 aliphatic heterocycles. The van der Waals surface area contributed by atoms with Crippen LogP contribution in [-0.4, -0.2) is 17.6 Å². The summed E-state index contributed by atoms with van der Waals surface area (Å²) in [5, 5.41) is 11.5. The van der Waals surface area contributed by atoms with Crippen LogP contribution in [0.3, 0.4) is 0 Å². The Morgan fingerprint density at radius 2 is 2.31 bits per heavy atom. The lowest BCUT2D eigenvalue weighted by Crippen LogP contribution is -2.07. The second-order valence-electron chi connectivity index (χ2n) is 2.77. The zero-order chi connectivity index (χ0) is 11.8. The lowest BCUT2D eigenvalue weighted by Gasteiger charge is -2.01. The first kappa shape index (κ1) is 11.7. The number of hydrogen-bond acceptors (Lipinski definition) is 5. The minimum atomic E-state index is -0.633. The third-order valence-electron chi connectivity index (χ3n) is 1.68. The number of carbonyl (C=O) groups excluding carboxylic acids is 1. The molecule has 0 aliphatic rings. The van der Waals surface area contributed by atoms with Gasteiger partial charge in [0.25, 0.3) is 0 Å². The van der Waals surface area contributed by atoms with E-state index in [0.717, 1.165) is 5.69 Å². The largest absolute Gasteiger partial charge is 0.462 e. The van der Waals surface area contributed by atoms with E-state index in [1.165, 1.54) is 6.20 Å². The molecule has 0 saturated heterocycles. The van der Waals surface area contributed by atoms with Crippen LogP contribution in [0.2, 0.25) is 0 Å². The Kier molecular flexibility index (Phi) is 4.54. The molecule has 0 unspecified atom stereocenters. The van der Waals surface area contributed by atoms with Crippen molar-refractivity contribution in [1.29, 1.82) is 5.26 Å². The van der Waals surface area contributed by atoms with Crippen molar-refractivity contribution in [2.24, 2.45) is 0 Å². The van der Waals surface area contributed by atoms with Crippen LogP contribution in [0, 0.1) is 11.3 Å². The summed E-state index contributed by atoms with van der Waals surface area (Å²) in [6.45, 7) is 1.93. The second-order valence-corrected chi connectivity index (χ2v) is 2.77. The molecule has 16 heavy (non-hydrogen) atoms. The summed E-state index contributed by atoms with van der Waals surface area (Å²) < 4.78 is 4.70. The molecular weight excluding hydrogens is 206 g/mol. The highest BCUT2D eigenvalue weighted by Gasteiger charge is 2.08. The van der Waals surface area contributed by atoms with Gasteiger partial charge >= 0.3 is 5.97 Å². The molecule has 1 aromatic heterocycles. The van der Waals surface area contributed by atoms with Gasteiger partial charge in [0.05, 0.1) is 6.61 Å².